The zero-order valence-corrected chi connectivity index (χ0v) is 21.8. The van der Waals surface area contributed by atoms with Gasteiger partial charge < -0.3 is 25.2 Å². The van der Waals surface area contributed by atoms with E-state index in [4.69, 9.17) is 4.74 Å². The number of halogens is 2. The van der Waals surface area contributed by atoms with E-state index in [2.05, 4.69) is 28.2 Å². The van der Waals surface area contributed by atoms with E-state index >= 15 is 0 Å². The fourth-order valence-corrected chi connectivity index (χ4v) is 4.22. The highest BCUT2D eigenvalue weighted by Gasteiger charge is 2.41. The first kappa shape index (κ1) is 29.1. The molecule has 1 unspecified atom stereocenters. The Balaban J connectivity index is 1.65. The van der Waals surface area contributed by atoms with E-state index in [1.165, 1.54) is 24.1 Å². The number of anilines is 1. The van der Waals surface area contributed by atoms with Gasteiger partial charge in [-0.25, -0.2) is 23.4 Å². The van der Waals surface area contributed by atoms with Crippen molar-refractivity contribution in [3.8, 4) is 0 Å². The Hall–Kier alpha value is -3.48. The molecule has 9 nitrogen and oxygen atoms in total. The molecule has 0 saturated heterocycles. The number of aliphatic hydroxyl groups excluding tert-OH is 2. The molecule has 38 heavy (non-hydrogen) atoms. The van der Waals surface area contributed by atoms with Gasteiger partial charge >= 0.3 is 12.1 Å². The molecule has 3 aromatic rings. The minimum absolute atomic E-state index is 0.0476. The maximum atomic E-state index is 14.0. The Labute approximate surface area is 224 Å². The second kappa shape index (κ2) is 12.9. The van der Waals surface area contributed by atoms with Crippen molar-refractivity contribution in [3.05, 3.63) is 71.9 Å². The number of ether oxygens (including phenoxy) is 1. The molecule has 3 atom stereocenters. The van der Waals surface area contributed by atoms with E-state index in [1.54, 1.807) is 19.2 Å². The molecule has 0 radical (unpaired) electrons. The monoisotopic (exact) mass is 548 g/mol. The summed E-state index contributed by atoms with van der Waals surface area (Å²) < 4.78 is 32.8. The van der Waals surface area contributed by atoms with Crippen molar-refractivity contribution in [2.24, 2.45) is 0 Å². The molecule has 0 spiro atoms. The number of thiol groups is 1. The first-order valence-corrected chi connectivity index (χ1v) is 12.3. The first-order chi connectivity index (χ1) is 18.0. The summed E-state index contributed by atoms with van der Waals surface area (Å²) in [6.45, 7) is 0.459. The van der Waals surface area contributed by atoms with Crippen molar-refractivity contribution in [2.45, 2.75) is 36.8 Å². The molecule has 0 aliphatic rings. The molecule has 12 heteroatoms. The number of rotatable bonds is 10. The number of nitrogens with one attached hydrogen (secondary N) is 2. The van der Waals surface area contributed by atoms with Gasteiger partial charge in [-0.05, 0) is 30.9 Å². The zero-order valence-electron chi connectivity index (χ0n) is 20.9. The second-order valence-electron chi connectivity index (χ2n) is 8.98. The normalized spacial score (nSPS) is 14.3. The molecule has 204 valence electrons. The van der Waals surface area contributed by atoms with Crippen LogP contribution in [0.2, 0.25) is 0 Å². The highest BCUT2D eigenvalue weighted by atomic mass is 32.1. The zero-order chi connectivity index (χ0) is 27.9. The second-order valence-corrected chi connectivity index (χ2v) is 9.61. The fourth-order valence-electron chi connectivity index (χ4n) is 3.87. The Morgan fingerprint density at radius 3 is 2.61 bits per heavy atom. The number of pyridine rings is 1. The van der Waals surface area contributed by atoms with E-state index in [9.17, 15) is 28.6 Å². The van der Waals surface area contributed by atoms with Crippen LogP contribution in [0.25, 0.3) is 10.8 Å². The Morgan fingerprint density at radius 1 is 1.18 bits per heavy atom. The molecule has 0 aliphatic heterocycles. The van der Waals surface area contributed by atoms with Crippen LogP contribution in [0, 0.1) is 11.6 Å². The number of carbonyl (C=O) groups is 2. The van der Waals surface area contributed by atoms with Crippen molar-refractivity contribution in [1.29, 1.82) is 0 Å². The molecule has 0 aliphatic carbocycles. The molecule has 1 aromatic heterocycles. The van der Waals surface area contributed by atoms with Gasteiger partial charge in [0.15, 0.2) is 11.6 Å². The highest BCUT2D eigenvalue weighted by molar-refractivity contribution is 7.81. The van der Waals surface area contributed by atoms with Crippen LogP contribution in [-0.2, 0) is 11.3 Å². The third kappa shape index (κ3) is 7.09. The molecular weight excluding hydrogens is 518 g/mol. The predicted molar refractivity (Wildman–Crippen MR) is 142 cm³/mol. The van der Waals surface area contributed by atoms with Gasteiger partial charge in [-0.1, -0.05) is 36.4 Å². The summed E-state index contributed by atoms with van der Waals surface area (Å²) in [6, 6.07) is 12.1. The summed E-state index contributed by atoms with van der Waals surface area (Å²) in [5, 5.41) is 25.5. The number of benzene rings is 2. The molecule has 2 aromatic carbocycles. The Kier molecular flexibility index (Phi) is 9.84. The van der Waals surface area contributed by atoms with Crippen molar-refractivity contribution in [2.75, 3.05) is 25.6 Å². The lowest BCUT2D eigenvalue weighted by atomic mass is 9.89. The fraction of sp³-hybridized carbons (Fsp3) is 0.346. The smallest absolute Gasteiger partial charge is 0.412 e. The lowest BCUT2D eigenvalue weighted by Gasteiger charge is -2.43. The van der Waals surface area contributed by atoms with Gasteiger partial charge in [0.1, 0.15) is 12.4 Å². The topological polar surface area (TPSA) is 124 Å². The summed E-state index contributed by atoms with van der Waals surface area (Å²) in [6.07, 6.45) is -0.511. The van der Waals surface area contributed by atoms with Crippen LogP contribution in [0.15, 0.2) is 54.7 Å². The van der Waals surface area contributed by atoms with E-state index in [-0.39, 0.29) is 31.0 Å². The van der Waals surface area contributed by atoms with Crippen LogP contribution < -0.4 is 10.6 Å². The number of carbonyl (C=O) groups excluding carboxylic acids is 2. The SMILES string of the molecule is CN(C(=O)NCc1cccc(F)c1F)[C@](C)(C[C@H](O)CO)C(S)COC(=O)Nc1cc2ccccc2cn1. The molecular formula is C26H30F2N4O5S. The maximum Gasteiger partial charge on any atom is 0.412 e. The van der Waals surface area contributed by atoms with Gasteiger partial charge in [0.2, 0.25) is 0 Å². The summed E-state index contributed by atoms with van der Waals surface area (Å²) in [4.78, 5) is 30.7. The minimum atomic E-state index is -1.24. The highest BCUT2D eigenvalue weighted by Crippen LogP contribution is 2.29. The number of aliphatic hydroxyl groups is 2. The van der Waals surface area contributed by atoms with Crippen molar-refractivity contribution >= 4 is 41.3 Å². The van der Waals surface area contributed by atoms with Crippen LogP contribution >= 0.6 is 12.6 Å². The lowest BCUT2D eigenvalue weighted by Crippen LogP contribution is -2.59. The third-order valence-corrected chi connectivity index (χ3v) is 7.05. The predicted octanol–water partition coefficient (Wildman–Crippen LogP) is 3.70. The third-order valence-electron chi connectivity index (χ3n) is 6.34. The van der Waals surface area contributed by atoms with Crippen LogP contribution in [-0.4, -0.2) is 69.4 Å². The molecule has 0 bridgehead atoms. The van der Waals surface area contributed by atoms with E-state index in [0.29, 0.717) is 0 Å². The summed E-state index contributed by atoms with van der Waals surface area (Å²) in [7, 11) is 1.42. The number of amides is 3. The number of aromatic nitrogens is 1. The average Bonchev–Trinajstić information content (AvgIpc) is 2.91. The standard InChI is InChI=1S/C26H30F2N4O5S/c1-26(11-19(34)14-33,32(2)24(35)30-13-18-8-5-9-20(27)23(18)28)21(38)15-37-25(36)31-22-10-16-6-3-4-7-17(16)12-29-22/h3-10,12,19,21,33-34,38H,11,13-15H2,1-2H3,(H,30,35)(H,29,31,36)/t19-,21?,26+/m0/s1. The Morgan fingerprint density at radius 2 is 1.89 bits per heavy atom. The first-order valence-electron chi connectivity index (χ1n) is 11.7. The summed E-state index contributed by atoms with van der Waals surface area (Å²) in [5.41, 5.74) is -1.29. The number of hydrogen-bond donors (Lipinski definition) is 5. The molecule has 3 rings (SSSR count). The van der Waals surface area contributed by atoms with Gasteiger partial charge in [0.05, 0.1) is 23.5 Å². The van der Waals surface area contributed by atoms with E-state index < -0.39 is 47.3 Å². The average molecular weight is 549 g/mol. The van der Waals surface area contributed by atoms with Crippen molar-refractivity contribution in [1.82, 2.24) is 15.2 Å². The maximum absolute atomic E-state index is 14.0. The van der Waals surface area contributed by atoms with Gasteiger partial charge in [-0.15, -0.1) is 0 Å². The van der Waals surface area contributed by atoms with E-state index in [0.717, 1.165) is 16.8 Å². The van der Waals surface area contributed by atoms with Crippen molar-refractivity contribution < 1.29 is 33.3 Å². The van der Waals surface area contributed by atoms with Gasteiger partial charge in [0, 0.05) is 30.7 Å². The number of fused-ring (bicyclic) bond motifs is 1. The quantitative estimate of drug-likeness (QED) is 0.246. The van der Waals surface area contributed by atoms with Gasteiger partial charge in [0.25, 0.3) is 0 Å². The van der Waals surface area contributed by atoms with Crippen LogP contribution in [0.4, 0.5) is 24.2 Å². The number of urea groups is 1. The molecule has 1 heterocycles. The van der Waals surface area contributed by atoms with Crippen LogP contribution in [0.3, 0.4) is 0 Å². The number of nitrogens with zero attached hydrogens (tertiary/aromatic N) is 2. The molecule has 3 amide bonds. The Bertz CT molecular complexity index is 1280. The largest absolute Gasteiger partial charge is 0.448 e. The summed E-state index contributed by atoms with van der Waals surface area (Å²) in [5.74, 6) is -1.82. The number of hydrogen-bond acceptors (Lipinski definition) is 7. The summed E-state index contributed by atoms with van der Waals surface area (Å²) >= 11 is 4.53. The van der Waals surface area contributed by atoms with E-state index in [1.807, 2.05) is 24.3 Å². The molecule has 0 fully saturated rings. The van der Waals surface area contributed by atoms with Gasteiger partial charge in [-0.3, -0.25) is 5.32 Å². The molecule has 0 saturated carbocycles. The molecule has 4 N–H and O–H groups in total. The van der Waals surface area contributed by atoms with Gasteiger partial charge in [-0.2, -0.15) is 12.6 Å². The minimum Gasteiger partial charge on any atom is -0.448 e. The van der Waals surface area contributed by atoms with Crippen LogP contribution in [0.5, 0.6) is 0 Å². The lowest BCUT2D eigenvalue weighted by molar-refractivity contribution is 0.0295. The van der Waals surface area contributed by atoms with Crippen LogP contribution in [0.1, 0.15) is 18.9 Å². The van der Waals surface area contributed by atoms with Crippen molar-refractivity contribution in [3.63, 3.8) is 0 Å².